The van der Waals surface area contributed by atoms with Gasteiger partial charge >= 0.3 is 23.9 Å². The van der Waals surface area contributed by atoms with Crippen molar-refractivity contribution in [3.8, 4) is 0 Å². The molecule has 1 N–H and O–H groups in total. The molecule has 0 aromatic heterocycles. The highest BCUT2D eigenvalue weighted by Crippen LogP contribution is 2.74. The number of hydrogen-bond donors (Lipinski definition) is 1. The third-order valence-electron chi connectivity index (χ3n) is 7.99. The summed E-state index contributed by atoms with van der Waals surface area (Å²) in [5, 5.41) is 10.6. The number of rotatable bonds is 6. The second kappa shape index (κ2) is 8.65. The van der Waals surface area contributed by atoms with Gasteiger partial charge in [-0.15, -0.1) is 0 Å². The van der Waals surface area contributed by atoms with E-state index in [-0.39, 0.29) is 25.0 Å². The number of aliphatic hydroxyl groups is 1. The van der Waals surface area contributed by atoms with Crippen LogP contribution in [0.4, 0.5) is 0 Å². The molecular weight excluding hydrogens is 420 g/mol. The van der Waals surface area contributed by atoms with Gasteiger partial charge in [0, 0.05) is 50.9 Å². The Morgan fingerprint density at radius 3 is 1.91 bits per heavy atom. The molecular formula is C23H34O9. The van der Waals surface area contributed by atoms with Crippen LogP contribution >= 0.6 is 0 Å². The van der Waals surface area contributed by atoms with Gasteiger partial charge < -0.3 is 24.1 Å². The summed E-state index contributed by atoms with van der Waals surface area (Å²) in [4.78, 5) is 47.9. The number of carbonyl (C=O) groups is 4. The maximum Gasteiger partial charge on any atom is 0.303 e. The molecule has 8 atom stereocenters. The second-order valence-corrected chi connectivity index (χ2v) is 9.94. The molecule has 3 fully saturated rings. The number of aliphatic hydroxyl groups excluding tert-OH is 1. The standard InChI is InChI=1S/C23H34O9/c1-11(25)29-10-15-7-8-17-22(5,6)18-20(31-13(3)27)19(30-12(2)26)16(9-24)23(15,17)21(18)32-14(4)28/h15-21,24H,7-10H2,1-6H3/t15-,16-,17-,18+,19+,20-,21?,23+/m1/s1. The Morgan fingerprint density at radius 1 is 0.844 bits per heavy atom. The summed E-state index contributed by atoms with van der Waals surface area (Å²) in [6, 6.07) is 0. The molecule has 0 aromatic carbocycles. The lowest BCUT2D eigenvalue weighted by Crippen LogP contribution is -2.64. The van der Waals surface area contributed by atoms with Crippen LogP contribution in [0.25, 0.3) is 0 Å². The van der Waals surface area contributed by atoms with Crippen molar-refractivity contribution < 1.29 is 43.2 Å². The fourth-order valence-electron chi connectivity index (χ4n) is 7.35. The van der Waals surface area contributed by atoms with Crippen molar-refractivity contribution in [2.75, 3.05) is 13.2 Å². The summed E-state index contributed by atoms with van der Waals surface area (Å²) in [6.07, 6.45) is -1.05. The van der Waals surface area contributed by atoms with Crippen LogP contribution in [0.5, 0.6) is 0 Å². The zero-order valence-electron chi connectivity index (χ0n) is 19.6. The molecule has 32 heavy (non-hydrogen) atoms. The first-order valence-corrected chi connectivity index (χ1v) is 11.1. The van der Waals surface area contributed by atoms with Gasteiger partial charge in [-0.1, -0.05) is 13.8 Å². The predicted molar refractivity (Wildman–Crippen MR) is 110 cm³/mol. The Morgan fingerprint density at radius 2 is 1.41 bits per heavy atom. The number of carbonyl (C=O) groups excluding carboxylic acids is 4. The fraction of sp³-hybridized carbons (Fsp3) is 0.826. The van der Waals surface area contributed by atoms with Crippen LogP contribution in [-0.2, 0) is 38.1 Å². The lowest BCUT2D eigenvalue weighted by atomic mass is 9.57. The van der Waals surface area contributed by atoms with Gasteiger partial charge in [0.25, 0.3) is 0 Å². The summed E-state index contributed by atoms with van der Waals surface area (Å²) < 4.78 is 22.7. The molecule has 3 saturated carbocycles. The molecule has 2 bridgehead atoms. The second-order valence-electron chi connectivity index (χ2n) is 9.94. The Kier molecular flexibility index (Phi) is 6.62. The summed E-state index contributed by atoms with van der Waals surface area (Å²) in [7, 11) is 0. The van der Waals surface area contributed by atoms with Crippen LogP contribution in [0.1, 0.15) is 54.4 Å². The third-order valence-corrected chi connectivity index (χ3v) is 7.99. The van der Waals surface area contributed by atoms with Crippen molar-refractivity contribution in [3.05, 3.63) is 0 Å². The van der Waals surface area contributed by atoms with Gasteiger partial charge in [0.05, 0.1) is 13.2 Å². The Hall–Kier alpha value is -2.16. The van der Waals surface area contributed by atoms with E-state index in [2.05, 4.69) is 0 Å². The Labute approximate surface area is 188 Å². The maximum absolute atomic E-state index is 12.2. The molecule has 1 unspecified atom stereocenters. The highest BCUT2D eigenvalue weighted by molar-refractivity contribution is 5.68. The quantitative estimate of drug-likeness (QED) is 0.471. The summed E-state index contributed by atoms with van der Waals surface area (Å²) in [5.74, 6) is -3.42. The molecule has 0 radical (unpaired) electrons. The SMILES string of the molecule is CC(=O)OC[C@H]1CC[C@@H]2C(C)(C)[C@@H]3C(OC(C)=O)[C@]12[C@H](CO)[C@H](OC(C)=O)[C@@H]3OC(C)=O. The average Bonchev–Trinajstić information content (AvgIpc) is 3.08. The van der Waals surface area contributed by atoms with Gasteiger partial charge in [-0.3, -0.25) is 19.2 Å². The lowest BCUT2D eigenvalue weighted by molar-refractivity contribution is -0.232. The zero-order valence-corrected chi connectivity index (χ0v) is 19.6. The van der Waals surface area contributed by atoms with Crippen molar-refractivity contribution >= 4 is 23.9 Å². The van der Waals surface area contributed by atoms with Crippen molar-refractivity contribution in [1.82, 2.24) is 0 Å². The first kappa shape index (κ1) is 24.5. The molecule has 3 rings (SSSR count). The summed E-state index contributed by atoms with van der Waals surface area (Å²) >= 11 is 0. The highest BCUT2D eigenvalue weighted by atomic mass is 16.6. The Bertz CT molecular complexity index is 790. The van der Waals surface area contributed by atoms with E-state index in [0.29, 0.717) is 6.42 Å². The fourth-order valence-corrected chi connectivity index (χ4v) is 7.35. The van der Waals surface area contributed by atoms with Crippen LogP contribution < -0.4 is 0 Å². The van der Waals surface area contributed by atoms with Gasteiger partial charge in [0.1, 0.15) is 18.3 Å². The Balaban J connectivity index is 2.23. The average molecular weight is 455 g/mol. The number of ether oxygens (including phenoxy) is 4. The monoisotopic (exact) mass is 454 g/mol. The minimum atomic E-state index is -0.916. The predicted octanol–water partition coefficient (Wildman–Crippen LogP) is 1.64. The number of esters is 4. The van der Waals surface area contributed by atoms with Crippen LogP contribution in [-0.4, -0.2) is 60.5 Å². The van der Waals surface area contributed by atoms with E-state index in [1.54, 1.807) is 0 Å². The van der Waals surface area contributed by atoms with Gasteiger partial charge in [-0.05, 0) is 24.2 Å². The van der Waals surface area contributed by atoms with E-state index in [4.69, 9.17) is 18.9 Å². The minimum absolute atomic E-state index is 0.0410. The van der Waals surface area contributed by atoms with E-state index in [1.165, 1.54) is 27.7 Å². The molecule has 9 nitrogen and oxygen atoms in total. The third kappa shape index (κ3) is 3.68. The van der Waals surface area contributed by atoms with Crippen molar-refractivity contribution in [2.45, 2.75) is 72.7 Å². The lowest BCUT2D eigenvalue weighted by Gasteiger charge is -2.53. The van der Waals surface area contributed by atoms with Crippen molar-refractivity contribution in [1.29, 1.82) is 0 Å². The largest absolute Gasteiger partial charge is 0.466 e. The van der Waals surface area contributed by atoms with Crippen molar-refractivity contribution in [3.63, 3.8) is 0 Å². The molecule has 9 heteroatoms. The van der Waals surface area contributed by atoms with Gasteiger partial charge in [-0.2, -0.15) is 0 Å². The molecule has 3 aliphatic rings. The van der Waals surface area contributed by atoms with Gasteiger partial charge in [-0.25, -0.2) is 0 Å². The van der Waals surface area contributed by atoms with Crippen LogP contribution in [0.2, 0.25) is 0 Å². The zero-order chi connectivity index (χ0) is 24.0. The topological polar surface area (TPSA) is 125 Å². The van der Waals surface area contributed by atoms with E-state index < -0.39 is 64.9 Å². The van der Waals surface area contributed by atoms with Crippen LogP contribution in [0.3, 0.4) is 0 Å². The molecule has 1 spiro atoms. The van der Waals surface area contributed by atoms with Crippen molar-refractivity contribution in [2.24, 2.45) is 34.5 Å². The first-order valence-electron chi connectivity index (χ1n) is 11.1. The molecule has 0 aromatic rings. The summed E-state index contributed by atoms with van der Waals surface area (Å²) in [6.45, 7) is 9.00. The summed E-state index contributed by atoms with van der Waals surface area (Å²) in [5.41, 5.74) is -1.28. The van der Waals surface area contributed by atoms with Gasteiger partial charge in [0.15, 0.2) is 0 Å². The molecule has 0 heterocycles. The first-order chi connectivity index (χ1) is 14.9. The van der Waals surface area contributed by atoms with E-state index in [0.717, 1.165) is 6.42 Å². The molecule has 0 amide bonds. The molecule has 3 aliphatic carbocycles. The van der Waals surface area contributed by atoms with E-state index in [1.807, 2.05) is 13.8 Å². The van der Waals surface area contributed by atoms with E-state index >= 15 is 0 Å². The minimum Gasteiger partial charge on any atom is -0.466 e. The van der Waals surface area contributed by atoms with E-state index in [9.17, 15) is 24.3 Å². The van der Waals surface area contributed by atoms with Crippen LogP contribution in [0.15, 0.2) is 0 Å². The molecule has 0 aliphatic heterocycles. The molecule has 0 saturated heterocycles. The smallest absolute Gasteiger partial charge is 0.303 e. The normalized spacial score (nSPS) is 39.0. The highest BCUT2D eigenvalue weighted by Gasteiger charge is 2.79. The van der Waals surface area contributed by atoms with Gasteiger partial charge in [0.2, 0.25) is 0 Å². The number of fused-ring (bicyclic) bond motifs is 1. The van der Waals surface area contributed by atoms with Crippen LogP contribution in [0, 0.1) is 34.5 Å². The molecule has 180 valence electrons. The maximum atomic E-state index is 12.2. The number of hydrogen-bond acceptors (Lipinski definition) is 9.